The Morgan fingerprint density at radius 1 is 1.15 bits per heavy atom. The second kappa shape index (κ2) is 4.15. The van der Waals surface area contributed by atoms with Gasteiger partial charge in [0.2, 0.25) is 0 Å². The van der Waals surface area contributed by atoms with Crippen LogP contribution in [-0.4, -0.2) is 24.6 Å². The monoisotopic (exact) mass is 280 g/mol. The number of anilines is 1. The van der Waals surface area contributed by atoms with Gasteiger partial charge >= 0.3 is 6.18 Å². The molecule has 3 rings (SSSR count). The number of aromatic nitrogens is 5. The van der Waals surface area contributed by atoms with Crippen molar-refractivity contribution in [1.29, 1.82) is 0 Å². The lowest BCUT2D eigenvalue weighted by Crippen LogP contribution is -2.09. The Balaban J connectivity index is 2.21. The Bertz CT molecular complexity index is 779. The number of hydrogen-bond acceptors (Lipinski definition) is 5. The van der Waals surface area contributed by atoms with E-state index in [1.54, 1.807) is 0 Å². The largest absolute Gasteiger partial charge is 0.418 e. The van der Waals surface area contributed by atoms with Crippen LogP contribution in [0.25, 0.3) is 17.2 Å². The smallest absolute Gasteiger partial charge is 0.382 e. The third-order valence-electron chi connectivity index (χ3n) is 2.62. The van der Waals surface area contributed by atoms with Crippen LogP contribution in [0.2, 0.25) is 0 Å². The van der Waals surface area contributed by atoms with Gasteiger partial charge in [-0.3, -0.25) is 4.98 Å². The maximum absolute atomic E-state index is 12.9. The van der Waals surface area contributed by atoms with Crippen molar-refractivity contribution in [1.82, 2.24) is 24.6 Å². The van der Waals surface area contributed by atoms with Gasteiger partial charge < -0.3 is 5.73 Å². The van der Waals surface area contributed by atoms with Crippen LogP contribution in [0.1, 0.15) is 5.56 Å². The summed E-state index contributed by atoms with van der Waals surface area (Å²) in [4.78, 5) is 11.6. The molecule has 0 unspecified atom stereocenters. The first kappa shape index (κ1) is 12.3. The van der Waals surface area contributed by atoms with Crippen LogP contribution >= 0.6 is 0 Å². The van der Waals surface area contributed by atoms with E-state index in [0.717, 1.165) is 6.07 Å². The zero-order valence-electron chi connectivity index (χ0n) is 9.83. The Labute approximate surface area is 110 Å². The highest BCUT2D eigenvalue weighted by molar-refractivity contribution is 5.60. The summed E-state index contributed by atoms with van der Waals surface area (Å²) in [5.41, 5.74) is 4.38. The fourth-order valence-corrected chi connectivity index (χ4v) is 1.74. The van der Waals surface area contributed by atoms with Crippen molar-refractivity contribution < 1.29 is 13.2 Å². The normalized spacial score (nSPS) is 11.9. The third kappa shape index (κ3) is 1.92. The van der Waals surface area contributed by atoms with Gasteiger partial charge in [0, 0.05) is 6.20 Å². The van der Waals surface area contributed by atoms with Crippen molar-refractivity contribution in [3.05, 3.63) is 36.3 Å². The minimum absolute atomic E-state index is 0.0176. The molecule has 0 aliphatic heterocycles. The van der Waals surface area contributed by atoms with E-state index in [1.165, 1.54) is 29.2 Å². The summed E-state index contributed by atoms with van der Waals surface area (Å²) in [6, 6.07) is 2.15. The minimum atomic E-state index is -4.52. The highest BCUT2D eigenvalue weighted by Gasteiger charge is 2.34. The summed E-state index contributed by atoms with van der Waals surface area (Å²) in [5.74, 6) is 0.356. The molecule has 0 aliphatic carbocycles. The van der Waals surface area contributed by atoms with Gasteiger partial charge in [0.15, 0.2) is 0 Å². The van der Waals surface area contributed by atoms with Crippen LogP contribution in [-0.2, 0) is 6.18 Å². The molecule has 0 fully saturated rings. The zero-order chi connectivity index (χ0) is 14.3. The van der Waals surface area contributed by atoms with Crippen molar-refractivity contribution in [3.8, 4) is 11.4 Å². The molecule has 0 amide bonds. The number of halogens is 3. The Kier molecular flexibility index (Phi) is 2.56. The summed E-state index contributed by atoms with van der Waals surface area (Å²) in [5, 5.41) is 3.90. The quantitative estimate of drug-likeness (QED) is 0.734. The molecule has 6 nitrogen and oxygen atoms in total. The molecule has 3 heterocycles. The van der Waals surface area contributed by atoms with Crippen LogP contribution in [0.5, 0.6) is 0 Å². The SMILES string of the molecule is Nc1cnc2nc(-c3ncccc3C(F)(F)F)cnn12. The van der Waals surface area contributed by atoms with Crippen LogP contribution in [0.3, 0.4) is 0 Å². The summed E-state index contributed by atoms with van der Waals surface area (Å²) >= 11 is 0. The molecule has 0 aliphatic rings. The predicted octanol–water partition coefficient (Wildman–Crippen LogP) is 1.79. The van der Waals surface area contributed by atoms with Gasteiger partial charge in [-0.25, -0.2) is 9.97 Å². The van der Waals surface area contributed by atoms with Crippen molar-refractivity contribution in [3.63, 3.8) is 0 Å². The molecule has 0 atom stereocenters. The van der Waals surface area contributed by atoms with Gasteiger partial charge in [0.1, 0.15) is 17.2 Å². The first-order valence-electron chi connectivity index (χ1n) is 5.45. The van der Waals surface area contributed by atoms with E-state index in [1.807, 2.05) is 0 Å². The molecule has 20 heavy (non-hydrogen) atoms. The van der Waals surface area contributed by atoms with Crippen molar-refractivity contribution in [2.75, 3.05) is 5.73 Å². The van der Waals surface area contributed by atoms with E-state index in [0.29, 0.717) is 0 Å². The predicted molar refractivity (Wildman–Crippen MR) is 63.4 cm³/mol. The molecular weight excluding hydrogens is 273 g/mol. The van der Waals surface area contributed by atoms with Crippen LogP contribution < -0.4 is 5.73 Å². The fraction of sp³-hybridized carbons (Fsp3) is 0.0909. The number of rotatable bonds is 1. The lowest BCUT2D eigenvalue weighted by atomic mass is 10.1. The Morgan fingerprint density at radius 2 is 1.95 bits per heavy atom. The second-order valence-electron chi connectivity index (χ2n) is 3.93. The Morgan fingerprint density at radius 3 is 2.70 bits per heavy atom. The topological polar surface area (TPSA) is 82.0 Å². The van der Waals surface area contributed by atoms with E-state index in [2.05, 4.69) is 20.1 Å². The van der Waals surface area contributed by atoms with Gasteiger partial charge in [-0.1, -0.05) is 0 Å². The van der Waals surface area contributed by atoms with E-state index in [4.69, 9.17) is 5.73 Å². The Hall–Kier alpha value is -2.71. The summed E-state index contributed by atoms with van der Waals surface area (Å²) < 4.78 is 40.0. The molecule has 0 aromatic carbocycles. The van der Waals surface area contributed by atoms with E-state index in [9.17, 15) is 13.2 Å². The fourth-order valence-electron chi connectivity index (χ4n) is 1.74. The first-order chi connectivity index (χ1) is 9.47. The molecule has 0 radical (unpaired) electrons. The maximum Gasteiger partial charge on any atom is 0.418 e. The number of fused-ring (bicyclic) bond motifs is 1. The first-order valence-corrected chi connectivity index (χ1v) is 5.45. The third-order valence-corrected chi connectivity index (χ3v) is 2.62. The lowest BCUT2D eigenvalue weighted by Gasteiger charge is -2.10. The molecule has 0 saturated heterocycles. The summed E-state index contributed by atoms with van der Waals surface area (Å²) in [6.45, 7) is 0. The minimum Gasteiger partial charge on any atom is -0.382 e. The standard InChI is InChI=1S/C11H7F3N6/c12-11(13,14)6-2-1-3-16-9(6)7-4-18-20-8(15)5-17-10(20)19-7/h1-5H,15H2. The molecule has 0 saturated carbocycles. The van der Waals surface area contributed by atoms with Crippen molar-refractivity contribution >= 4 is 11.6 Å². The lowest BCUT2D eigenvalue weighted by molar-refractivity contribution is -0.137. The van der Waals surface area contributed by atoms with Gasteiger partial charge in [-0.15, -0.1) is 0 Å². The van der Waals surface area contributed by atoms with Gasteiger partial charge in [-0.2, -0.15) is 22.8 Å². The van der Waals surface area contributed by atoms with Gasteiger partial charge in [0.25, 0.3) is 5.78 Å². The number of nitrogens with two attached hydrogens (primary N) is 1. The van der Waals surface area contributed by atoms with Gasteiger partial charge in [-0.05, 0) is 12.1 Å². The molecule has 102 valence electrons. The second-order valence-corrected chi connectivity index (χ2v) is 3.93. The molecule has 9 heteroatoms. The molecule has 0 bridgehead atoms. The van der Waals surface area contributed by atoms with E-state index >= 15 is 0 Å². The number of hydrogen-bond donors (Lipinski definition) is 1. The van der Waals surface area contributed by atoms with Crippen molar-refractivity contribution in [2.45, 2.75) is 6.18 Å². The molecule has 2 N–H and O–H groups in total. The number of imidazole rings is 1. The van der Waals surface area contributed by atoms with E-state index in [-0.39, 0.29) is 23.0 Å². The van der Waals surface area contributed by atoms with Crippen LogP contribution in [0.4, 0.5) is 19.0 Å². The average Bonchev–Trinajstić information content (AvgIpc) is 2.79. The number of nitrogens with zero attached hydrogens (tertiary/aromatic N) is 5. The highest BCUT2D eigenvalue weighted by Crippen LogP contribution is 2.34. The zero-order valence-corrected chi connectivity index (χ0v) is 9.83. The molecular formula is C11H7F3N6. The number of alkyl halides is 3. The van der Waals surface area contributed by atoms with Crippen LogP contribution in [0.15, 0.2) is 30.7 Å². The molecule has 0 spiro atoms. The van der Waals surface area contributed by atoms with Gasteiger partial charge in [0.05, 0.1) is 18.0 Å². The molecule has 3 aromatic heterocycles. The molecule has 3 aromatic rings. The van der Waals surface area contributed by atoms with Crippen molar-refractivity contribution in [2.24, 2.45) is 0 Å². The average molecular weight is 280 g/mol. The summed E-state index contributed by atoms with van der Waals surface area (Å²) in [7, 11) is 0. The number of nitrogen functional groups attached to an aromatic ring is 1. The number of pyridine rings is 1. The highest BCUT2D eigenvalue weighted by atomic mass is 19.4. The summed E-state index contributed by atoms with van der Waals surface area (Å²) in [6.07, 6.45) is -0.771. The van der Waals surface area contributed by atoms with Crippen LogP contribution in [0, 0.1) is 0 Å². The van der Waals surface area contributed by atoms with E-state index < -0.39 is 11.7 Å². The maximum atomic E-state index is 12.9.